The average molecular weight is 847 g/mol. The van der Waals surface area contributed by atoms with Gasteiger partial charge in [-0.15, -0.1) is 108 Å². The van der Waals surface area contributed by atoms with E-state index in [1.165, 1.54) is 49.0 Å². The van der Waals surface area contributed by atoms with Crippen molar-refractivity contribution >= 4 is 32.3 Å². The molecule has 252 valence electrons. The molecule has 3 nitrogen and oxygen atoms in total. The van der Waals surface area contributed by atoms with Crippen molar-refractivity contribution in [3.8, 4) is 33.8 Å². The van der Waals surface area contributed by atoms with Gasteiger partial charge in [0.25, 0.3) is 0 Å². The normalized spacial score (nSPS) is 10.4. The molecule has 0 bridgehead atoms. The fraction of sp³-hybridized carbons (Fsp3) is 0.0625. The van der Waals surface area contributed by atoms with E-state index in [0.29, 0.717) is 0 Å². The van der Waals surface area contributed by atoms with Gasteiger partial charge in [-0.1, -0.05) is 72.8 Å². The van der Waals surface area contributed by atoms with Crippen molar-refractivity contribution in [2.75, 3.05) is 0 Å². The van der Waals surface area contributed by atoms with Crippen molar-refractivity contribution in [2.24, 2.45) is 0 Å². The zero-order chi connectivity index (χ0) is 35.0. The third kappa shape index (κ3) is 7.90. The molecule has 0 atom stereocenters. The summed E-state index contributed by atoms with van der Waals surface area (Å²) >= 11 is 0. The monoisotopic (exact) mass is 847 g/mol. The smallest absolute Gasteiger partial charge is 0.304 e. The molecule has 0 aliphatic rings. The molecule has 52 heavy (non-hydrogen) atoms. The maximum Gasteiger partial charge on any atom is 3.00 e. The van der Waals surface area contributed by atoms with Crippen LogP contribution in [0.2, 0.25) is 0 Å². The van der Waals surface area contributed by atoms with Gasteiger partial charge in [-0.25, -0.2) is 0 Å². The quantitative estimate of drug-likeness (QED) is 0.166. The van der Waals surface area contributed by atoms with E-state index in [1.54, 1.807) is 0 Å². The van der Waals surface area contributed by atoms with E-state index in [0.717, 1.165) is 33.8 Å². The third-order valence-corrected chi connectivity index (χ3v) is 8.88. The maximum atomic E-state index is 4.55. The Morgan fingerprint density at radius 1 is 0.327 bits per heavy atom. The minimum atomic E-state index is 0. The first-order valence-electron chi connectivity index (χ1n) is 17.0. The zero-order valence-corrected chi connectivity index (χ0v) is 31.7. The number of pyridine rings is 3. The van der Waals surface area contributed by atoms with E-state index in [1.807, 2.05) is 91.4 Å². The Balaban J connectivity index is 0.000000133. The van der Waals surface area contributed by atoms with Crippen LogP contribution in [-0.4, -0.2) is 15.0 Å². The van der Waals surface area contributed by atoms with E-state index in [-0.39, 0.29) is 20.1 Å². The molecular weight excluding hydrogens is 811 g/mol. The van der Waals surface area contributed by atoms with Gasteiger partial charge >= 0.3 is 20.1 Å². The van der Waals surface area contributed by atoms with Gasteiger partial charge in [0.15, 0.2) is 0 Å². The van der Waals surface area contributed by atoms with Crippen molar-refractivity contribution in [3.63, 3.8) is 0 Å². The van der Waals surface area contributed by atoms with Gasteiger partial charge in [-0.05, 0) is 86.9 Å². The summed E-state index contributed by atoms with van der Waals surface area (Å²) in [5.41, 5.74) is 9.78. The maximum absolute atomic E-state index is 4.55. The Hall–Kier alpha value is -5.80. The van der Waals surface area contributed by atoms with Gasteiger partial charge in [-0.3, -0.25) is 0 Å². The number of benzene rings is 6. The van der Waals surface area contributed by atoms with Crippen LogP contribution in [0.25, 0.3) is 66.1 Å². The summed E-state index contributed by atoms with van der Waals surface area (Å²) in [6, 6.07) is 58.7. The number of fused-ring (bicyclic) bond motifs is 3. The number of nitrogens with zero attached hydrogens (tertiary/aromatic N) is 3. The summed E-state index contributed by atoms with van der Waals surface area (Å²) in [5, 5.41) is 7.35. The molecular formula is C48H36IrN3. The molecule has 0 saturated heterocycles. The summed E-state index contributed by atoms with van der Waals surface area (Å²) < 4.78 is 0. The van der Waals surface area contributed by atoms with Crippen molar-refractivity contribution in [3.05, 3.63) is 199 Å². The van der Waals surface area contributed by atoms with E-state index in [9.17, 15) is 0 Å². The molecule has 0 amide bonds. The topological polar surface area (TPSA) is 38.7 Å². The van der Waals surface area contributed by atoms with Crippen LogP contribution in [0, 0.1) is 39.0 Å². The zero-order valence-electron chi connectivity index (χ0n) is 29.3. The molecule has 0 fully saturated rings. The molecule has 3 aromatic heterocycles. The largest absolute Gasteiger partial charge is 3.00 e. The number of hydrogen-bond acceptors (Lipinski definition) is 3. The first-order valence-corrected chi connectivity index (χ1v) is 17.0. The molecule has 0 N–H and O–H groups in total. The van der Waals surface area contributed by atoms with Gasteiger partial charge in [0, 0.05) is 18.6 Å². The van der Waals surface area contributed by atoms with Crippen LogP contribution in [0.1, 0.15) is 16.7 Å². The van der Waals surface area contributed by atoms with Gasteiger partial charge in [0.1, 0.15) is 0 Å². The van der Waals surface area contributed by atoms with Crippen molar-refractivity contribution in [1.82, 2.24) is 15.0 Å². The van der Waals surface area contributed by atoms with Crippen LogP contribution < -0.4 is 0 Å². The molecule has 0 radical (unpaired) electrons. The van der Waals surface area contributed by atoms with Crippen LogP contribution >= 0.6 is 0 Å². The summed E-state index contributed by atoms with van der Waals surface area (Å²) in [4.78, 5) is 13.6. The Kier molecular flexibility index (Phi) is 11.7. The molecule has 9 aromatic rings. The number of rotatable bonds is 3. The standard InChI is InChI=1S/3C16H12N.Ir/c3*1-12-11-17-16(13-7-3-2-4-8-13)15-10-6-5-9-14(12)15;/h3*2-7,9-11H,1H3;/q3*-1;+3. The molecule has 6 aromatic carbocycles. The second-order valence-electron chi connectivity index (χ2n) is 12.3. The molecule has 3 heterocycles. The Labute approximate surface area is 319 Å². The van der Waals surface area contributed by atoms with Crippen LogP contribution in [-0.2, 0) is 20.1 Å². The first-order chi connectivity index (χ1) is 25.1. The minimum Gasteiger partial charge on any atom is -0.304 e. The van der Waals surface area contributed by atoms with E-state index in [4.69, 9.17) is 0 Å². The van der Waals surface area contributed by atoms with Gasteiger partial charge in [0.05, 0.1) is 0 Å². The van der Waals surface area contributed by atoms with E-state index < -0.39 is 0 Å². The van der Waals surface area contributed by atoms with Crippen molar-refractivity contribution in [2.45, 2.75) is 20.8 Å². The fourth-order valence-corrected chi connectivity index (χ4v) is 6.27. The van der Waals surface area contributed by atoms with Crippen LogP contribution in [0.15, 0.2) is 164 Å². The summed E-state index contributed by atoms with van der Waals surface area (Å²) in [5.74, 6) is 0. The average Bonchev–Trinajstić information content (AvgIpc) is 3.20. The molecule has 0 spiro atoms. The molecule has 4 heteroatoms. The summed E-state index contributed by atoms with van der Waals surface area (Å²) in [6.45, 7) is 6.27. The van der Waals surface area contributed by atoms with Crippen LogP contribution in [0.5, 0.6) is 0 Å². The fourth-order valence-electron chi connectivity index (χ4n) is 6.27. The Morgan fingerprint density at radius 3 is 0.827 bits per heavy atom. The molecule has 0 unspecified atom stereocenters. The summed E-state index contributed by atoms with van der Waals surface area (Å²) in [7, 11) is 0. The van der Waals surface area contributed by atoms with Gasteiger partial charge in [-0.2, -0.15) is 0 Å². The Bertz CT molecular complexity index is 2260. The van der Waals surface area contributed by atoms with Crippen LogP contribution in [0.3, 0.4) is 0 Å². The Morgan fingerprint density at radius 2 is 0.577 bits per heavy atom. The van der Waals surface area contributed by atoms with E-state index in [2.05, 4.69) is 127 Å². The molecule has 9 rings (SSSR count). The van der Waals surface area contributed by atoms with Gasteiger partial charge < -0.3 is 15.0 Å². The first kappa shape index (κ1) is 36.0. The van der Waals surface area contributed by atoms with Crippen LogP contribution in [0.4, 0.5) is 0 Å². The third-order valence-electron chi connectivity index (χ3n) is 8.88. The molecule has 0 aliphatic carbocycles. The number of aromatic nitrogens is 3. The predicted octanol–water partition coefficient (Wildman–Crippen LogP) is 12.0. The van der Waals surface area contributed by atoms with Gasteiger partial charge in [0.2, 0.25) is 0 Å². The molecule has 0 saturated carbocycles. The molecule has 0 aliphatic heterocycles. The number of aryl methyl sites for hydroxylation is 3. The minimum absolute atomic E-state index is 0. The number of hydrogen-bond donors (Lipinski definition) is 0. The summed E-state index contributed by atoms with van der Waals surface area (Å²) in [6.07, 6.45) is 5.79. The van der Waals surface area contributed by atoms with Crippen molar-refractivity contribution < 1.29 is 20.1 Å². The second kappa shape index (κ2) is 16.9. The second-order valence-corrected chi connectivity index (χ2v) is 12.3. The SMILES string of the molecule is Cc1cnc(-c2[c-]cccc2)c2ccccc12.Cc1cnc(-c2[c-]cccc2)c2ccccc12.Cc1cnc(-c2[c-]cccc2)c2ccccc12.[Ir+3]. The predicted molar refractivity (Wildman–Crippen MR) is 212 cm³/mol. The van der Waals surface area contributed by atoms with Crippen molar-refractivity contribution in [1.29, 1.82) is 0 Å². The van der Waals surface area contributed by atoms with E-state index >= 15 is 0 Å².